The molecule has 25 heavy (non-hydrogen) atoms. The van der Waals surface area contributed by atoms with Crippen LogP contribution in [0.15, 0.2) is 47.0 Å². The Morgan fingerprint density at radius 2 is 1.64 bits per heavy atom. The third-order valence-electron chi connectivity index (χ3n) is 4.92. The van der Waals surface area contributed by atoms with Crippen molar-refractivity contribution in [3.63, 3.8) is 0 Å². The molecule has 0 bridgehead atoms. The van der Waals surface area contributed by atoms with Crippen LogP contribution in [0.5, 0.6) is 0 Å². The van der Waals surface area contributed by atoms with Crippen LogP contribution < -0.4 is 5.73 Å². The molecule has 1 aliphatic heterocycles. The highest BCUT2D eigenvalue weighted by Crippen LogP contribution is 2.22. The van der Waals surface area contributed by atoms with E-state index in [-0.39, 0.29) is 0 Å². The summed E-state index contributed by atoms with van der Waals surface area (Å²) < 4.78 is 5.18. The number of aryl methyl sites for hydroxylation is 1. The summed E-state index contributed by atoms with van der Waals surface area (Å²) in [5, 5.41) is 4.73. The van der Waals surface area contributed by atoms with Gasteiger partial charge in [0, 0.05) is 39.3 Å². The Balaban J connectivity index is 1.34. The van der Waals surface area contributed by atoms with Crippen molar-refractivity contribution in [2.24, 2.45) is 0 Å². The average molecular weight is 336 g/mol. The van der Waals surface area contributed by atoms with Crippen LogP contribution >= 0.6 is 0 Å². The standard InChI is InChI=1S/C20H24N4O/c1-15-3-2-4-16(11-15)13-23-7-9-24(10-8-23)14-17-5-6-19-18(12-17)20(21)22-25-19/h2-6,11-12H,7-10,13-14H2,1H3,(H2,21,22). The van der Waals surface area contributed by atoms with Gasteiger partial charge in [-0.3, -0.25) is 9.80 Å². The fraction of sp³-hybridized carbons (Fsp3) is 0.350. The van der Waals surface area contributed by atoms with Crippen molar-refractivity contribution in [2.75, 3.05) is 31.9 Å². The molecule has 0 spiro atoms. The number of fused-ring (bicyclic) bond motifs is 1. The van der Waals surface area contributed by atoms with E-state index >= 15 is 0 Å². The van der Waals surface area contributed by atoms with E-state index in [2.05, 4.69) is 58.3 Å². The molecule has 5 nitrogen and oxygen atoms in total. The van der Waals surface area contributed by atoms with Crippen LogP contribution in [0, 0.1) is 6.92 Å². The smallest absolute Gasteiger partial charge is 0.174 e. The summed E-state index contributed by atoms with van der Waals surface area (Å²) in [5.74, 6) is 0.472. The van der Waals surface area contributed by atoms with E-state index in [1.807, 2.05) is 6.07 Å². The Hall–Kier alpha value is -2.37. The number of rotatable bonds is 4. The summed E-state index contributed by atoms with van der Waals surface area (Å²) in [6.07, 6.45) is 0. The fourth-order valence-electron chi connectivity index (χ4n) is 3.54. The number of aromatic nitrogens is 1. The van der Waals surface area contributed by atoms with Crippen molar-refractivity contribution in [1.29, 1.82) is 0 Å². The molecule has 2 heterocycles. The van der Waals surface area contributed by atoms with E-state index in [1.165, 1.54) is 16.7 Å². The summed E-state index contributed by atoms with van der Waals surface area (Å²) in [6, 6.07) is 15.0. The molecule has 2 N–H and O–H groups in total. The van der Waals surface area contributed by atoms with Gasteiger partial charge in [-0.15, -0.1) is 0 Å². The lowest BCUT2D eigenvalue weighted by Crippen LogP contribution is -2.45. The number of hydrogen-bond donors (Lipinski definition) is 1. The van der Waals surface area contributed by atoms with Crippen LogP contribution in [0.1, 0.15) is 16.7 Å². The summed E-state index contributed by atoms with van der Waals surface area (Å²) in [7, 11) is 0. The summed E-state index contributed by atoms with van der Waals surface area (Å²) in [5.41, 5.74) is 10.6. The number of nitrogen functional groups attached to an aromatic ring is 1. The molecule has 0 amide bonds. The first-order valence-electron chi connectivity index (χ1n) is 8.81. The third-order valence-corrected chi connectivity index (χ3v) is 4.92. The highest BCUT2D eigenvalue weighted by atomic mass is 16.5. The lowest BCUT2D eigenvalue weighted by atomic mass is 10.1. The van der Waals surface area contributed by atoms with Gasteiger partial charge in [-0.05, 0) is 30.2 Å². The second-order valence-corrected chi connectivity index (χ2v) is 6.94. The summed E-state index contributed by atoms with van der Waals surface area (Å²) in [4.78, 5) is 5.03. The number of hydrogen-bond acceptors (Lipinski definition) is 5. The molecule has 2 aromatic carbocycles. The minimum Gasteiger partial charge on any atom is -0.380 e. The average Bonchev–Trinajstić information content (AvgIpc) is 2.98. The van der Waals surface area contributed by atoms with Gasteiger partial charge in [0.15, 0.2) is 11.4 Å². The molecule has 0 radical (unpaired) electrons. The molecule has 0 unspecified atom stereocenters. The summed E-state index contributed by atoms with van der Waals surface area (Å²) in [6.45, 7) is 8.52. The Labute approximate surface area is 148 Å². The zero-order valence-electron chi connectivity index (χ0n) is 14.6. The van der Waals surface area contributed by atoms with Crippen LogP contribution in [0.25, 0.3) is 11.0 Å². The Kier molecular flexibility index (Phi) is 4.42. The van der Waals surface area contributed by atoms with Crippen LogP contribution in [0.3, 0.4) is 0 Å². The van der Waals surface area contributed by atoms with Crippen molar-refractivity contribution >= 4 is 16.8 Å². The Morgan fingerprint density at radius 3 is 2.32 bits per heavy atom. The van der Waals surface area contributed by atoms with E-state index in [0.717, 1.165) is 50.2 Å². The molecule has 1 saturated heterocycles. The molecule has 5 heteroatoms. The van der Waals surface area contributed by atoms with Crippen molar-refractivity contribution in [1.82, 2.24) is 15.0 Å². The molecule has 0 atom stereocenters. The van der Waals surface area contributed by atoms with Gasteiger partial charge in [0.1, 0.15) is 0 Å². The fourth-order valence-corrected chi connectivity index (χ4v) is 3.54. The topological polar surface area (TPSA) is 58.5 Å². The SMILES string of the molecule is Cc1cccc(CN2CCN(Cc3ccc4onc(N)c4c3)CC2)c1. The highest BCUT2D eigenvalue weighted by molar-refractivity contribution is 5.87. The van der Waals surface area contributed by atoms with Gasteiger partial charge in [-0.2, -0.15) is 0 Å². The number of piperazine rings is 1. The van der Waals surface area contributed by atoms with Gasteiger partial charge in [-0.1, -0.05) is 41.1 Å². The third kappa shape index (κ3) is 3.67. The van der Waals surface area contributed by atoms with Crippen LogP contribution in [0.4, 0.5) is 5.82 Å². The van der Waals surface area contributed by atoms with Gasteiger partial charge in [0.25, 0.3) is 0 Å². The maximum Gasteiger partial charge on any atom is 0.174 e. The second-order valence-electron chi connectivity index (χ2n) is 6.94. The molecular weight excluding hydrogens is 312 g/mol. The van der Waals surface area contributed by atoms with E-state index in [0.29, 0.717) is 5.82 Å². The predicted octanol–water partition coefficient (Wildman–Crippen LogP) is 3.04. The lowest BCUT2D eigenvalue weighted by Gasteiger charge is -2.34. The quantitative estimate of drug-likeness (QED) is 0.793. The Morgan fingerprint density at radius 1 is 0.960 bits per heavy atom. The Bertz CT molecular complexity index is 865. The number of benzene rings is 2. The predicted molar refractivity (Wildman–Crippen MR) is 100 cm³/mol. The molecule has 1 aromatic heterocycles. The van der Waals surface area contributed by atoms with Crippen LogP contribution in [-0.4, -0.2) is 41.1 Å². The van der Waals surface area contributed by atoms with Gasteiger partial charge in [0.05, 0.1) is 5.39 Å². The minimum atomic E-state index is 0.472. The maximum absolute atomic E-state index is 5.86. The van der Waals surface area contributed by atoms with E-state index in [9.17, 15) is 0 Å². The number of anilines is 1. The van der Waals surface area contributed by atoms with Crippen LogP contribution in [-0.2, 0) is 13.1 Å². The number of nitrogens with two attached hydrogens (primary N) is 1. The van der Waals surface area contributed by atoms with Gasteiger partial charge in [-0.25, -0.2) is 0 Å². The van der Waals surface area contributed by atoms with Gasteiger partial charge < -0.3 is 10.3 Å². The van der Waals surface area contributed by atoms with Crippen molar-refractivity contribution in [3.05, 3.63) is 59.2 Å². The van der Waals surface area contributed by atoms with E-state index < -0.39 is 0 Å². The van der Waals surface area contributed by atoms with E-state index in [4.69, 9.17) is 10.3 Å². The first kappa shape index (κ1) is 16.1. The molecular formula is C20H24N4O. The summed E-state index contributed by atoms with van der Waals surface area (Å²) >= 11 is 0. The molecule has 1 fully saturated rings. The zero-order chi connectivity index (χ0) is 17.2. The van der Waals surface area contributed by atoms with Crippen LogP contribution in [0.2, 0.25) is 0 Å². The lowest BCUT2D eigenvalue weighted by molar-refractivity contribution is 0.122. The van der Waals surface area contributed by atoms with Gasteiger partial charge in [0.2, 0.25) is 0 Å². The van der Waals surface area contributed by atoms with Gasteiger partial charge >= 0.3 is 0 Å². The van der Waals surface area contributed by atoms with Crippen molar-refractivity contribution < 1.29 is 4.52 Å². The molecule has 4 rings (SSSR count). The first-order chi connectivity index (χ1) is 12.2. The van der Waals surface area contributed by atoms with Crippen molar-refractivity contribution in [3.8, 4) is 0 Å². The number of nitrogens with zero attached hydrogens (tertiary/aromatic N) is 3. The molecule has 0 aliphatic carbocycles. The minimum absolute atomic E-state index is 0.472. The zero-order valence-corrected chi connectivity index (χ0v) is 14.6. The normalized spacial score (nSPS) is 16.5. The first-order valence-corrected chi connectivity index (χ1v) is 8.81. The molecule has 130 valence electrons. The monoisotopic (exact) mass is 336 g/mol. The highest BCUT2D eigenvalue weighted by Gasteiger charge is 2.17. The molecule has 0 saturated carbocycles. The second kappa shape index (κ2) is 6.86. The largest absolute Gasteiger partial charge is 0.380 e. The maximum atomic E-state index is 5.86. The molecule has 1 aliphatic rings. The van der Waals surface area contributed by atoms with E-state index in [1.54, 1.807) is 0 Å². The molecule has 3 aromatic rings. The van der Waals surface area contributed by atoms with Crippen molar-refractivity contribution in [2.45, 2.75) is 20.0 Å².